The Labute approximate surface area is 134 Å². The van der Waals surface area contributed by atoms with E-state index in [0.29, 0.717) is 22.7 Å². The fraction of sp³-hybridized carbons (Fsp3) is 0.353. The molecule has 0 atom stereocenters. The number of aryl methyl sites for hydroxylation is 1. The monoisotopic (exact) mass is 313 g/mol. The Kier molecular flexibility index (Phi) is 4.14. The van der Waals surface area contributed by atoms with Crippen molar-refractivity contribution in [1.29, 1.82) is 0 Å². The fourth-order valence-corrected chi connectivity index (χ4v) is 2.56. The molecule has 3 rings (SSSR count). The van der Waals surface area contributed by atoms with Gasteiger partial charge in [-0.1, -0.05) is 12.1 Å². The third-order valence-electron chi connectivity index (χ3n) is 3.86. The van der Waals surface area contributed by atoms with E-state index in [-0.39, 0.29) is 12.3 Å². The van der Waals surface area contributed by atoms with Crippen molar-refractivity contribution >= 4 is 17.6 Å². The van der Waals surface area contributed by atoms with Crippen LogP contribution in [0.4, 0.5) is 5.69 Å². The highest BCUT2D eigenvalue weighted by Crippen LogP contribution is 2.40. The summed E-state index contributed by atoms with van der Waals surface area (Å²) in [4.78, 5) is 23.3. The Morgan fingerprint density at radius 3 is 2.83 bits per heavy atom. The number of aromatic nitrogens is 2. The van der Waals surface area contributed by atoms with Gasteiger partial charge in [-0.3, -0.25) is 14.3 Å². The molecule has 1 aliphatic rings. The van der Waals surface area contributed by atoms with Gasteiger partial charge in [-0.25, -0.2) is 0 Å². The first-order valence-electron chi connectivity index (χ1n) is 7.76. The van der Waals surface area contributed by atoms with Crippen LogP contribution >= 0.6 is 0 Å². The predicted molar refractivity (Wildman–Crippen MR) is 85.6 cm³/mol. The summed E-state index contributed by atoms with van der Waals surface area (Å²) in [5, 5.41) is 16.2. The molecule has 1 aromatic heterocycles. The molecule has 0 spiro atoms. The van der Waals surface area contributed by atoms with Crippen LogP contribution in [0.25, 0.3) is 0 Å². The molecule has 120 valence electrons. The lowest BCUT2D eigenvalue weighted by atomic mass is 10.1. The van der Waals surface area contributed by atoms with Crippen molar-refractivity contribution in [3.8, 4) is 0 Å². The standard InChI is InChI=1S/C17H19N3O3/c1-2-20-10-14(16(19-20)12-6-7-12)17(23)18-13-5-3-4-11(8-13)9-15(21)22/h3-5,8,10,12H,2,6-7,9H2,1H3,(H,18,23)(H,21,22). The van der Waals surface area contributed by atoms with Gasteiger partial charge in [0, 0.05) is 24.3 Å². The predicted octanol–water partition coefficient (Wildman–Crippen LogP) is 2.66. The summed E-state index contributed by atoms with van der Waals surface area (Å²) >= 11 is 0. The highest BCUT2D eigenvalue weighted by molar-refractivity contribution is 6.05. The third-order valence-corrected chi connectivity index (χ3v) is 3.86. The van der Waals surface area contributed by atoms with Crippen molar-refractivity contribution in [1.82, 2.24) is 9.78 Å². The zero-order chi connectivity index (χ0) is 16.4. The number of carboxylic acid groups (broad SMARTS) is 1. The lowest BCUT2D eigenvalue weighted by Crippen LogP contribution is -2.13. The van der Waals surface area contributed by atoms with E-state index in [4.69, 9.17) is 5.11 Å². The van der Waals surface area contributed by atoms with Gasteiger partial charge in [-0.15, -0.1) is 0 Å². The van der Waals surface area contributed by atoms with Gasteiger partial charge in [0.25, 0.3) is 5.91 Å². The van der Waals surface area contributed by atoms with Gasteiger partial charge in [-0.2, -0.15) is 5.10 Å². The molecule has 0 radical (unpaired) electrons. The number of amides is 1. The number of nitrogens with one attached hydrogen (secondary N) is 1. The second-order valence-electron chi connectivity index (χ2n) is 5.78. The average molecular weight is 313 g/mol. The average Bonchev–Trinajstić information content (AvgIpc) is 3.25. The lowest BCUT2D eigenvalue weighted by Gasteiger charge is -2.06. The molecular formula is C17H19N3O3. The Bertz CT molecular complexity index is 747. The number of anilines is 1. The zero-order valence-electron chi connectivity index (χ0n) is 13.0. The van der Waals surface area contributed by atoms with E-state index in [0.717, 1.165) is 25.1 Å². The van der Waals surface area contributed by atoms with Crippen molar-refractivity contribution in [2.24, 2.45) is 0 Å². The Morgan fingerprint density at radius 1 is 1.39 bits per heavy atom. The molecule has 0 bridgehead atoms. The minimum absolute atomic E-state index is 0.0647. The molecule has 1 fully saturated rings. The van der Waals surface area contributed by atoms with Gasteiger partial charge < -0.3 is 10.4 Å². The van der Waals surface area contributed by atoms with Crippen LogP contribution in [-0.4, -0.2) is 26.8 Å². The zero-order valence-corrected chi connectivity index (χ0v) is 13.0. The van der Waals surface area contributed by atoms with Gasteiger partial charge in [0.1, 0.15) is 0 Å². The summed E-state index contributed by atoms with van der Waals surface area (Å²) < 4.78 is 1.78. The van der Waals surface area contributed by atoms with Crippen LogP contribution in [0.3, 0.4) is 0 Å². The van der Waals surface area contributed by atoms with Crippen LogP contribution < -0.4 is 5.32 Å². The van der Waals surface area contributed by atoms with E-state index in [1.165, 1.54) is 0 Å². The number of aliphatic carboxylic acids is 1. The van der Waals surface area contributed by atoms with Crippen LogP contribution in [0.1, 0.15) is 47.3 Å². The highest BCUT2D eigenvalue weighted by Gasteiger charge is 2.31. The number of carboxylic acids is 1. The first-order chi connectivity index (χ1) is 11.1. The molecule has 1 aromatic carbocycles. The summed E-state index contributed by atoms with van der Waals surface area (Å²) in [5.41, 5.74) is 2.73. The first-order valence-corrected chi connectivity index (χ1v) is 7.76. The third kappa shape index (κ3) is 3.59. The molecule has 1 saturated carbocycles. The minimum atomic E-state index is -0.895. The van der Waals surface area contributed by atoms with E-state index in [1.807, 2.05) is 6.92 Å². The minimum Gasteiger partial charge on any atom is -0.481 e. The molecule has 1 aliphatic carbocycles. The molecule has 1 amide bonds. The van der Waals surface area contributed by atoms with Crippen molar-refractivity contribution < 1.29 is 14.7 Å². The van der Waals surface area contributed by atoms with E-state index < -0.39 is 5.97 Å². The quantitative estimate of drug-likeness (QED) is 0.858. The molecule has 0 unspecified atom stereocenters. The van der Waals surface area contributed by atoms with Crippen LogP contribution in [0, 0.1) is 0 Å². The maximum absolute atomic E-state index is 12.5. The number of hydrogen-bond donors (Lipinski definition) is 2. The second kappa shape index (κ2) is 6.24. The van der Waals surface area contributed by atoms with Crippen LogP contribution in [-0.2, 0) is 17.8 Å². The van der Waals surface area contributed by atoms with Crippen molar-refractivity contribution in [3.63, 3.8) is 0 Å². The van der Waals surface area contributed by atoms with E-state index in [1.54, 1.807) is 35.1 Å². The molecular weight excluding hydrogens is 294 g/mol. The number of benzene rings is 1. The van der Waals surface area contributed by atoms with E-state index in [9.17, 15) is 9.59 Å². The number of hydrogen-bond acceptors (Lipinski definition) is 3. The van der Waals surface area contributed by atoms with Crippen LogP contribution in [0.5, 0.6) is 0 Å². The normalized spacial score (nSPS) is 13.8. The van der Waals surface area contributed by atoms with Gasteiger partial charge >= 0.3 is 5.97 Å². The summed E-state index contributed by atoms with van der Waals surface area (Å²) in [6, 6.07) is 6.91. The topological polar surface area (TPSA) is 84.2 Å². The van der Waals surface area contributed by atoms with Crippen molar-refractivity contribution in [2.75, 3.05) is 5.32 Å². The number of rotatable bonds is 6. The van der Waals surface area contributed by atoms with Gasteiger partial charge in [0.15, 0.2) is 0 Å². The largest absolute Gasteiger partial charge is 0.481 e. The number of carbonyl (C=O) groups excluding carboxylic acids is 1. The van der Waals surface area contributed by atoms with Crippen molar-refractivity contribution in [2.45, 2.75) is 38.6 Å². The lowest BCUT2D eigenvalue weighted by molar-refractivity contribution is -0.136. The molecule has 1 heterocycles. The van der Waals surface area contributed by atoms with Gasteiger partial charge in [-0.05, 0) is 37.5 Å². The van der Waals surface area contributed by atoms with Crippen LogP contribution in [0.2, 0.25) is 0 Å². The fourth-order valence-electron chi connectivity index (χ4n) is 2.56. The SMILES string of the molecule is CCn1cc(C(=O)Nc2cccc(CC(=O)O)c2)c(C2CC2)n1. The number of carbonyl (C=O) groups is 2. The van der Waals surface area contributed by atoms with Gasteiger partial charge in [0.05, 0.1) is 17.7 Å². The number of nitrogens with zero attached hydrogens (tertiary/aromatic N) is 2. The summed E-state index contributed by atoms with van der Waals surface area (Å²) in [6.07, 6.45) is 3.87. The second-order valence-corrected chi connectivity index (χ2v) is 5.78. The maximum Gasteiger partial charge on any atom is 0.307 e. The highest BCUT2D eigenvalue weighted by atomic mass is 16.4. The van der Waals surface area contributed by atoms with E-state index in [2.05, 4.69) is 10.4 Å². The molecule has 0 saturated heterocycles. The van der Waals surface area contributed by atoms with Crippen molar-refractivity contribution in [3.05, 3.63) is 47.3 Å². The molecule has 23 heavy (non-hydrogen) atoms. The summed E-state index contributed by atoms with van der Waals surface area (Å²) in [5.74, 6) is -0.699. The molecule has 6 heteroatoms. The summed E-state index contributed by atoms with van der Waals surface area (Å²) in [7, 11) is 0. The Balaban J connectivity index is 1.79. The molecule has 2 aromatic rings. The Morgan fingerprint density at radius 2 is 2.17 bits per heavy atom. The molecule has 0 aliphatic heterocycles. The van der Waals surface area contributed by atoms with Crippen LogP contribution in [0.15, 0.2) is 30.5 Å². The maximum atomic E-state index is 12.5. The molecule has 2 N–H and O–H groups in total. The smallest absolute Gasteiger partial charge is 0.307 e. The first kappa shape index (κ1) is 15.3. The molecule has 6 nitrogen and oxygen atoms in total. The Hall–Kier alpha value is -2.63. The van der Waals surface area contributed by atoms with E-state index >= 15 is 0 Å². The summed E-state index contributed by atoms with van der Waals surface area (Å²) in [6.45, 7) is 2.71. The van der Waals surface area contributed by atoms with Gasteiger partial charge in [0.2, 0.25) is 0 Å².